The molecule has 0 bridgehead atoms. The van der Waals surface area contributed by atoms with Crippen LogP contribution in [-0.4, -0.2) is 36.2 Å². The minimum atomic E-state index is -5.10. The van der Waals surface area contributed by atoms with Crippen molar-refractivity contribution in [2.75, 3.05) is 13.7 Å². The molecule has 0 fully saturated rings. The van der Waals surface area contributed by atoms with Crippen LogP contribution in [0.5, 0.6) is 0 Å². The number of nitrogens with one attached hydrogen (secondary N) is 1. The molecule has 2 N–H and O–H groups in total. The molecular weight excluding hydrogens is 372 g/mol. The molecule has 5 nitrogen and oxygen atoms in total. The fraction of sp³-hybridized carbons (Fsp3) is 0.467. The van der Waals surface area contributed by atoms with E-state index in [9.17, 15) is 35.9 Å². The zero-order valence-corrected chi connectivity index (χ0v) is 13.6. The second-order valence-electron chi connectivity index (χ2n) is 5.81. The third-order valence-electron chi connectivity index (χ3n) is 3.27. The third-order valence-corrected chi connectivity index (χ3v) is 3.27. The first-order valence-electron chi connectivity index (χ1n) is 7.01. The molecular formula is C15H15F6NO4. The van der Waals surface area contributed by atoms with Crippen molar-refractivity contribution >= 4 is 11.9 Å². The fourth-order valence-electron chi connectivity index (χ4n) is 2.22. The first kappa shape index (κ1) is 21.7. The van der Waals surface area contributed by atoms with Crippen LogP contribution in [0.2, 0.25) is 0 Å². The largest absolute Gasteiger partial charge is 0.481 e. The summed E-state index contributed by atoms with van der Waals surface area (Å²) in [4.78, 5) is 23.1. The number of carbonyl (C=O) groups excluding carboxylic acids is 1. The van der Waals surface area contributed by atoms with E-state index in [4.69, 9.17) is 9.84 Å². The van der Waals surface area contributed by atoms with E-state index < -0.39 is 52.9 Å². The van der Waals surface area contributed by atoms with E-state index >= 15 is 0 Å². The fourth-order valence-corrected chi connectivity index (χ4v) is 2.22. The number of ether oxygens (including phenoxy) is 1. The molecule has 26 heavy (non-hydrogen) atoms. The lowest BCUT2D eigenvalue weighted by atomic mass is 9.97. The van der Waals surface area contributed by atoms with Gasteiger partial charge in [0.15, 0.2) is 0 Å². The van der Waals surface area contributed by atoms with Crippen molar-refractivity contribution in [3.8, 4) is 0 Å². The Labute approximate surface area is 143 Å². The van der Waals surface area contributed by atoms with Crippen LogP contribution in [0.4, 0.5) is 26.3 Å². The highest BCUT2D eigenvalue weighted by molar-refractivity contribution is 5.95. The molecule has 1 aromatic carbocycles. The summed E-state index contributed by atoms with van der Waals surface area (Å²) in [5, 5.41) is 11.0. The number of alkyl halides is 6. The monoisotopic (exact) mass is 387 g/mol. The van der Waals surface area contributed by atoms with Crippen molar-refractivity contribution < 1.29 is 45.8 Å². The summed E-state index contributed by atoms with van der Waals surface area (Å²) < 4.78 is 81.8. The van der Waals surface area contributed by atoms with E-state index in [1.165, 1.54) is 14.0 Å². The summed E-state index contributed by atoms with van der Waals surface area (Å²) >= 11 is 0. The first-order chi connectivity index (χ1) is 11.7. The number of amides is 1. The maximum Gasteiger partial charge on any atom is 0.416 e. The van der Waals surface area contributed by atoms with Crippen LogP contribution >= 0.6 is 0 Å². The van der Waals surface area contributed by atoms with Crippen molar-refractivity contribution in [1.29, 1.82) is 0 Å². The smallest absolute Gasteiger partial charge is 0.416 e. The number of benzene rings is 1. The van der Waals surface area contributed by atoms with Crippen LogP contribution in [0.15, 0.2) is 18.2 Å². The third kappa shape index (κ3) is 5.90. The van der Waals surface area contributed by atoms with E-state index in [1.54, 1.807) is 0 Å². The molecule has 1 rings (SSSR count). The summed E-state index contributed by atoms with van der Waals surface area (Å²) in [6.07, 6.45) is -10.9. The second-order valence-corrected chi connectivity index (χ2v) is 5.81. The molecule has 1 atom stereocenters. The molecule has 0 aromatic heterocycles. The van der Waals surface area contributed by atoms with Gasteiger partial charge in [0.25, 0.3) is 5.91 Å². The van der Waals surface area contributed by atoms with Crippen LogP contribution in [0.1, 0.15) is 34.8 Å². The quantitative estimate of drug-likeness (QED) is 0.735. The van der Waals surface area contributed by atoms with Crippen molar-refractivity contribution in [3.63, 3.8) is 0 Å². The topological polar surface area (TPSA) is 75.6 Å². The molecule has 11 heteroatoms. The number of carboxylic acid groups (broad SMARTS) is 1. The Morgan fingerprint density at radius 1 is 1.04 bits per heavy atom. The van der Waals surface area contributed by atoms with Gasteiger partial charge in [0, 0.05) is 12.7 Å². The van der Waals surface area contributed by atoms with E-state index in [-0.39, 0.29) is 24.8 Å². The minimum Gasteiger partial charge on any atom is -0.481 e. The van der Waals surface area contributed by atoms with Crippen molar-refractivity contribution in [1.82, 2.24) is 5.32 Å². The SMILES string of the molecule is COCC(C)(CC(=O)O)NC(=O)c1cc(C(F)(F)F)cc(C(F)(F)F)c1. The van der Waals surface area contributed by atoms with Crippen LogP contribution in [-0.2, 0) is 21.9 Å². The highest BCUT2D eigenvalue weighted by Gasteiger charge is 2.38. The van der Waals surface area contributed by atoms with Gasteiger partial charge in [-0.3, -0.25) is 9.59 Å². The Bertz CT molecular complexity index is 653. The van der Waals surface area contributed by atoms with Gasteiger partial charge in [-0.15, -0.1) is 0 Å². The molecule has 0 heterocycles. The van der Waals surface area contributed by atoms with Gasteiger partial charge in [0.1, 0.15) is 0 Å². The summed E-state index contributed by atoms with van der Waals surface area (Å²) in [6.45, 7) is 0.914. The number of methoxy groups -OCH3 is 1. The van der Waals surface area contributed by atoms with Gasteiger partial charge in [0.2, 0.25) is 0 Å². The van der Waals surface area contributed by atoms with Crippen LogP contribution in [0, 0.1) is 0 Å². The molecule has 0 spiro atoms. The number of hydrogen-bond acceptors (Lipinski definition) is 3. The predicted octanol–water partition coefficient (Wildman–Crippen LogP) is 3.33. The summed E-state index contributed by atoms with van der Waals surface area (Å²) in [7, 11) is 1.19. The Morgan fingerprint density at radius 3 is 1.85 bits per heavy atom. The maximum atomic E-state index is 12.8. The Hall–Kier alpha value is -2.30. The molecule has 0 aliphatic heterocycles. The molecule has 1 aromatic rings. The molecule has 1 unspecified atom stereocenters. The van der Waals surface area contributed by atoms with Gasteiger partial charge in [-0.2, -0.15) is 26.3 Å². The zero-order valence-electron chi connectivity index (χ0n) is 13.6. The summed E-state index contributed by atoms with van der Waals surface area (Å²) in [6, 6.07) is 0.416. The van der Waals surface area contributed by atoms with Gasteiger partial charge >= 0.3 is 18.3 Å². The number of hydrogen-bond donors (Lipinski definition) is 2. The van der Waals surface area contributed by atoms with Gasteiger partial charge in [-0.05, 0) is 25.1 Å². The second kappa shape index (κ2) is 7.52. The van der Waals surface area contributed by atoms with Gasteiger partial charge in [0.05, 0.1) is 29.7 Å². The summed E-state index contributed by atoms with van der Waals surface area (Å²) in [5.41, 5.74) is -5.74. The Morgan fingerprint density at radius 2 is 1.50 bits per heavy atom. The molecule has 0 saturated carbocycles. The van der Waals surface area contributed by atoms with E-state index in [0.717, 1.165) is 0 Å². The van der Waals surface area contributed by atoms with Crippen LogP contribution < -0.4 is 5.32 Å². The van der Waals surface area contributed by atoms with Crippen molar-refractivity contribution in [3.05, 3.63) is 34.9 Å². The Balaban J connectivity index is 3.31. The highest BCUT2D eigenvalue weighted by atomic mass is 19.4. The average Bonchev–Trinajstić information content (AvgIpc) is 2.43. The normalized spacial score (nSPS) is 14.6. The van der Waals surface area contributed by atoms with Gasteiger partial charge in [-0.25, -0.2) is 0 Å². The van der Waals surface area contributed by atoms with Gasteiger partial charge < -0.3 is 15.2 Å². The molecule has 1 amide bonds. The maximum absolute atomic E-state index is 12.8. The van der Waals surface area contributed by atoms with Crippen LogP contribution in [0.3, 0.4) is 0 Å². The lowest BCUT2D eigenvalue weighted by Crippen LogP contribution is -2.50. The first-order valence-corrected chi connectivity index (χ1v) is 7.01. The molecule has 0 aliphatic carbocycles. The number of rotatable bonds is 6. The lowest BCUT2D eigenvalue weighted by Gasteiger charge is -2.28. The van der Waals surface area contributed by atoms with Crippen molar-refractivity contribution in [2.24, 2.45) is 0 Å². The predicted molar refractivity (Wildman–Crippen MR) is 76.4 cm³/mol. The van der Waals surface area contributed by atoms with E-state index in [0.29, 0.717) is 0 Å². The van der Waals surface area contributed by atoms with E-state index in [2.05, 4.69) is 5.32 Å². The highest BCUT2D eigenvalue weighted by Crippen LogP contribution is 2.36. The lowest BCUT2D eigenvalue weighted by molar-refractivity contribution is -0.143. The minimum absolute atomic E-state index is 0.109. The standard InChI is InChI=1S/C15H15F6NO4/c1-13(7-26-2,6-11(23)24)22-12(25)8-3-9(14(16,17)18)5-10(4-8)15(19,20)21/h3-5H,6-7H2,1-2H3,(H,22,25)(H,23,24). The average molecular weight is 387 g/mol. The van der Waals surface area contributed by atoms with Crippen LogP contribution in [0.25, 0.3) is 0 Å². The number of halogens is 6. The van der Waals surface area contributed by atoms with E-state index in [1.807, 2.05) is 0 Å². The van der Waals surface area contributed by atoms with Gasteiger partial charge in [-0.1, -0.05) is 0 Å². The molecule has 0 aliphatic rings. The molecule has 146 valence electrons. The number of carbonyl (C=O) groups is 2. The number of carboxylic acids is 1. The van der Waals surface area contributed by atoms with Crippen molar-refractivity contribution in [2.45, 2.75) is 31.2 Å². The molecule has 0 radical (unpaired) electrons. The zero-order chi connectivity index (χ0) is 20.3. The number of aliphatic carboxylic acids is 1. The Kier molecular flexibility index (Phi) is 6.29. The molecule has 0 saturated heterocycles. The summed E-state index contributed by atoms with van der Waals surface area (Å²) in [5.74, 6) is -2.63.